The van der Waals surface area contributed by atoms with Crippen LogP contribution in [-0.2, 0) is 0 Å². The number of hydrogen-bond donors (Lipinski definition) is 1. The zero-order valence-electron chi connectivity index (χ0n) is 14.1. The van der Waals surface area contributed by atoms with Crippen molar-refractivity contribution in [2.24, 2.45) is 0 Å². The number of benzene rings is 1. The Morgan fingerprint density at radius 2 is 1.62 bits per heavy atom. The molecule has 2 heterocycles. The summed E-state index contributed by atoms with van der Waals surface area (Å²) in [4.78, 5) is 21.1. The molecule has 0 saturated heterocycles. The molecule has 8 nitrogen and oxygen atoms in total. The third-order valence-electron chi connectivity index (χ3n) is 3.90. The highest BCUT2D eigenvalue weighted by Crippen LogP contribution is 2.40. The minimum Gasteiger partial charge on any atom is -0.493 e. The van der Waals surface area contributed by atoms with Crippen molar-refractivity contribution in [2.75, 3.05) is 21.3 Å². The third-order valence-corrected chi connectivity index (χ3v) is 3.90. The highest BCUT2D eigenvalue weighted by molar-refractivity contribution is 5.67. The van der Waals surface area contributed by atoms with Gasteiger partial charge >= 0.3 is 0 Å². The van der Waals surface area contributed by atoms with E-state index >= 15 is 0 Å². The fourth-order valence-electron chi connectivity index (χ4n) is 2.45. The van der Waals surface area contributed by atoms with Gasteiger partial charge in [0.2, 0.25) is 5.75 Å². The Bertz CT molecular complexity index is 949. The number of nitrogens with zero attached hydrogens (tertiary/aromatic N) is 3. The first-order chi connectivity index (χ1) is 11.5. The lowest BCUT2D eigenvalue weighted by Gasteiger charge is -2.13. The van der Waals surface area contributed by atoms with Crippen LogP contribution >= 0.6 is 0 Å². The Balaban J connectivity index is 2.24. The zero-order valence-corrected chi connectivity index (χ0v) is 14.1. The lowest BCUT2D eigenvalue weighted by Crippen LogP contribution is -2.19. The molecular formula is C16H18N4O4. The molecule has 0 unspecified atom stereocenters. The minimum absolute atomic E-state index is 0.177. The van der Waals surface area contributed by atoms with Crippen molar-refractivity contribution in [2.45, 2.75) is 13.8 Å². The monoisotopic (exact) mass is 330 g/mol. The summed E-state index contributed by atoms with van der Waals surface area (Å²) in [5, 5.41) is 2.97. The number of aromatic amines is 1. The van der Waals surface area contributed by atoms with Crippen molar-refractivity contribution in [3.05, 3.63) is 33.7 Å². The number of aromatic nitrogens is 4. The lowest BCUT2D eigenvalue weighted by molar-refractivity contribution is 0.324. The van der Waals surface area contributed by atoms with Crippen LogP contribution in [0.15, 0.2) is 16.9 Å². The van der Waals surface area contributed by atoms with E-state index in [9.17, 15) is 4.79 Å². The molecule has 0 aliphatic heterocycles. The molecule has 3 rings (SSSR count). The molecule has 0 spiro atoms. The Labute approximate surface area is 138 Å². The topological polar surface area (TPSA) is 90.7 Å². The third kappa shape index (κ3) is 2.36. The van der Waals surface area contributed by atoms with Crippen LogP contribution in [0.3, 0.4) is 0 Å². The van der Waals surface area contributed by atoms with Crippen molar-refractivity contribution < 1.29 is 14.2 Å². The smallest absolute Gasteiger partial charge is 0.277 e. The molecule has 126 valence electrons. The molecule has 0 bridgehead atoms. The van der Waals surface area contributed by atoms with E-state index in [1.807, 2.05) is 0 Å². The van der Waals surface area contributed by atoms with Gasteiger partial charge in [0.05, 0.1) is 21.3 Å². The van der Waals surface area contributed by atoms with Gasteiger partial charge in [-0.05, 0) is 26.0 Å². The van der Waals surface area contributed by atoms with Crippen molar-refractivity contribution in [3.63, 3.8) is 0 Å². The first-order valence-electron chi connectivity index (χ1n) is 7.26. The summed E-state index contributed by atoms with van der Waals surface area (Å²) in [5.74, 6) is 2.28. The summed E-state index contributed by atoms with van der Waals surface area (Å²) < 4.78 is 17.3. The van der Waals surface area contributed by atoms with Crippen LogP contribution < -0.4 is 19.8 Å². The molecular weight excluding hydrogens is 312 g/mol. The summed E-state index contributed by atoms with van der Waals surface area (Å²) in [6, 6.07) is 3.51. The van der Waals surface area contributed by atoms with E-state index < -0.39 is 0 Å². The molecule has 2 aromatic heterocycles. The van der Waals surface area contributed by atoms with Crippen LogP contribution in [0.1, 0.15) is 11.3 Å². The number of hydrogen-bond acceptors (Lipinski definition) is 6. The van der Waals surface area contributed by atoms with Crippen LogP contribution in [0.25, 0.3) is 17.2 Å². The highest BCUT2D eigenvalue weighted by atomic mass is 16.5. The van der Waals surface area contributed by atoms with E-state index in [4.69, 9.17) is 14.2 Å². The van der Waals surface area contributed by atoms with Gasteiger partial charge in [-0.3, -0.25) is 9.89 Å². The van der Waals surface area contributed by atoms with E-state index in [2.05, 4.69) is 15.1 Å². The second-order valence-corrected chi connectivity index (χ2v) is 5.25. The largest absolute Gasteiger partial charge is 0.493 e. The Kier molecular flexibility index (Phi) is 3.88. The second kappa shape index (κ2) is 5.88. The average molecular weight is 330 g/mol. The molecule has 0 amide bonds. The first-order valence-corrected chi connectivity index (χ1v) is 7.26. The van der Waals surface area contributed by atoms with Gasteiger partial charge in [0.25, 0.3) is 11.3 Å². The molecule has 8 heteroatoms. The maximum absolute atomic E-state index is 12.3. The second-order valence-electron chi connectivity index (χ2n) is 5.25. The number of ether oxygens (including phenoxy) is 3. The molecule has 1 aromatic carbocycles. The fourth-order valence-corrected chi connectivity index (χ4v) is 2.45. The van der Waals surface area contributed by atoms with E-state index in [1.54, 1.807) is 40.2 Å². The first kappa shape index (κ1) is 15.9. The minimum atomic E-state index is -0.177. The highest BCUT2D eigenvalue weighted by Gasteiger charge is 2.17. The van der Waals surface area contributed by atoms with Gasteiger partial charge in [0, 0.05) is 16.8 Å². The van der Waals surface area contributed by atoms with E-state index in [0.29, 0.717) is 45.7 Å². The van der Waals surface area contributed by atoms with Crippen molar-refractivity contribution in [3.8, 4) is 28.6 Å². The fraction of sp³-hybridized carbons (Fsp3) is 0.312. The average Bonchev–Trinajstić information content (AvgIpc) is 3.02. The summed E-state index contributed by atoms with van der Waals surface area (Å²) in [5.41, 5.74) is 1.74. The summed E-state index contributed by atoms with van der Waals surface area (Å²) in [6.07, 6.45) is 0. The van der Waals surface area contributed by atoms with Crippen LogP contribution in [0.2, 0.25) is 0 Å². The number of aryl methyl sites for hydroxylation is 1. The zero-order chi connectivity index (χ0) is 17.4. The number of nitrogens with one attached hydrogen (secondary N) is 1. The number of fused-ring (bicyclic) bond motifs is 1. The lowest BCUT2D eigenvalue weighted by atomic mass is 10.1. The predicted octanol–water partition coefficient (Wildman–Crippen LogP) is 1.73. The molecule has 0 aliphatic carbocycles. The summed E-state index contributed by atoms with van der Waals surface area (Å²) >= 11 is 0. The van der Waals surface area contributed by atoms with Gasteiger partial charge < -0.3 is 14.2 Å². The van der Waals surface area contributed by atoms with Crippen LogP contribution in [0, 0.1) is 13.8 Å². The van der Waals surface area contributed by atoms with Gasteiger partial charge in [-0.2, -0.15) is 9.50 Å². The summed E-state index contributed by atoms with van der Waals surface area (Å²) in [7, 11) is 4.62. The maximum Gasteiger partial charge on any atom is 0.277 e. The van der Waals surface area contributed by atoms with Gasteiger partial charge in [-0.1, -0.05) is 0 Å². The van der Waals surface area contributed by atoms with Gasteiger partial charge in [0.1, 0.15) is 0 Å². The van der Waals surface area contributed by atoms with Crippen molar-refractivity contribution >= 4 is 5.78 Å². The molecule has 0 aliphatic rings. The standard InChI is InChI=1S/C16H18N4O4/c1-8-9(2)17-16-18-14(19-20(16)15(8)21)10-6-11(22-3)13(24-5)12(7-10)23-4/h6-7H,1-5H3,(H,17,18,19). The molecule has 0 radical (unpaired) electrons. The SMILES string of the molecule is COc1cc(-c2nc3nc(C)c(C)c(=O)n3[nH]2)cc(OC)c1OC. The Morgan fingerprint density at radius 3 is 2.17 bits per heavy atom. The van der Waals surface area contributed by atoms with Crippen molar-refractivity contribution in [1.82, 2.24) is 19.6 Å². The van der Waals surface area contributed by atoms with E-state index in [0.717, 1.165) is 0 Å². The number of rotatable bonds is 4. The van der Waals surface area contributed by atoms with Crippen LogP contribution in [-0.4, -0.2) is 40.9 Å². The van der Waals surface area contributed by atoms with E-state index in [-0.39, 0.29) is 5.56 Å². The van der Waals surface area contributed by atoms with Gasteiger partial charge in [-0.15, -0.1) is 0 Å². The Hall–Kier alpha value is -3.03. The quantitative estimate of drug-likeness (QED) is 0.783. The molecule has 0 fully saturated rings. The Morgan fingerprint density at radius 1 is 1.00 bits per heavy atom. The van der Waals surface area contributed by atoms with Crippen LogP contribution in [0.4, 0.5) is 0 Å². The maximum atomic E-state index is 12.3. The molecule has 24 heavy (non-hydrogen) atoms. The van der Waals surface area contributed by atoms with E-state index in [1.165, 1.54) is 11.6 Å². The number of methoxy groups -OCH3 is 3. The van der Waals surface area contributed by atoms with Gasteiger partial charge in [-0.25, -0.2) is 4.98 Å². The molecule has 0 saturated carbocycles. The summed E-state index contributed by atoms with van der Waals surface area (Å²) in [6.45, 7) is 3.52. The predicted molar refractivity (Wildman–Crippen MR) is 88.2 cm³/mol. The molecule has 1 N–H and O–H groups in total. The number of H-pyrrole nitrogens is 1. The molecule has 0 atom stereocenters. The van der Waals surface area contributed by atoms with Gasteiger partial charge in [0.15, 0.2) is 17.3 Å². The molecule has 3 aromatic rings. The van der Waals surface area contributed by atoms with Crippen LogP contribution in [0.5, 0.6) is 17.2 Å². The normalized spacial score (nSPS) is 10.9. The van der Waals surface area contributed by atoms with Crippen molar-refractivity contribution in [1.29, 1.82) is 0 Å².